The van der Waals surface area contributed by atoms with Gasteiger partial charge in [-0.05, 0) is 38.8 Å². The Hall–Kier alpha value is -2.50. The van der Waals surface area contributed by atoms with Crippen molar-refractivity contribution in [2.75, 3.05) is 4.90 Å². The summed E-state index contributed by atoms with van der Waals surface area (Å²) in [7, 11) is 0. The summed E-state index contributed by atoms with van der Waals surface area (Å²) >= 11 is 0. The zero-order chi connectivity index (χ0) is 16.1. The van der Waals surface area contributed by atoms with Crippen LogP contribution in [0, 0.1) is 19.3 Å². The first-order chi connectivity index (χ1) is 10.4. The molecule has 6 heteroatoms. The lowest BCUT2D eigenvalue weighted by molar-refractivity contribution is -0.133. The number of hydrogen-bond donors (Lipinski definition) is 0. The highest BCUT2D eigenvalue weighted by Gasteiger charge is 2.55. The summed E-state index contributed by atoms with van der Waals surface area (Å²) in [4.78, 5) is 31.1. The highest BCUT2D eigenvalue weighted by molar-refractivity contribution is 6.21. The van der Waals surface area contributed by atoms with E-state index in [1.54, 1.807) is 18.7 Å². The van der Waals surface area contributed by atoms with E-state index in [4.69, 9.17) is 0 Å². The predicted octanol–water partition coefficient (Wildman–Crippen LogP) is 2.04. The van der Waals surface area contributed by atoms with Crippen LogP contribution in [0.15, 0.2) is 30.9 Å². The van der Waals surface area contributed by atoms with Gasteiger partial charge in [-0.1, -0.05) is 18.2 Å². The standard InChI is InChI=1S/C16H18N4O2/c1-10-6-5-7-11(2)12(10)20-14(19-9-17-8-18-19)13(21)16(3,4)15(20)22/h5-9,14H,1-4H3. The zero-order valence-electron chi connectivity index (χ0n) is 13.1. The fourth-order valence-electron chi connectivity index (χ4n) is 2.95. The maximum atomic E-state index is 12.9. The van der Waals surface area contributed by atoms with Gasteiger partial charge in [0.2, 0.25) is 5.91 Å². The molecule has 0 N–H and O–H groups in total. The van der Waals surface area contributed by atoms with Crippen molar-refractivity contribution in [1.29, 1.82) is 0 Å². The molecule has 1 aromatic heterocycles. The Morgan fingerprint density at radius 3 is 2.32 bits per heavy atom. The van der Waals surface area contributed by atoms with E-state index in [1.807, 2.05) is 32.0 Å². The number of para-hydroxylation sites is 1. The van der Waals surface area contributed by atoms with Crippen LogP contribution in [-0.4, -0.2) is 26.5 Å². The van der Waals surface area contributed by atoms with E-state index in [2.05, 4.69) is 10.1 Å². The van der Waals surface area contributed by atoms with Gasteiger partial charge in [0.25, 0.3) is 0 Å². The first kappa shape index (κ1) is 14.4. The minimum absolute atomic E-state index is 0.175. The molecule has 0 radical (unpaired) electrons. The number of Topliss-reactive ketones (excluding diaryl/α,β-unsaturated/α-hetero) is 1. The van der Waals surface area contributed by atoms with Crippen molar-refractivity contribution in [3.05, 3.63) is 42.0 Å². The number of carbonyl (C=O) groups excluding carboxylic acids is 2. The van der Waals surface area contributed by atoms with Crippen molar-refractivity contribution in [2.24, 2.45) is 5.41 Å². The summed E-state index contributed by atoms with van der Waals surface area (Å²) < 4.78 is 1.45. The summed E-state index contributed by atoms with van der Waals surface area (Å²) in [5.41, 5.74) is 1.59. The number of hydrogen-bond acceptors (Lipinski definition) is 4. The summed E-state index contributed by atoms with van der Waals surface area (Å²) in [6, 6.07) is 5.81. The molecule has 1 aliphatic heterocycles. The van der Waals surface area contributed by atoms with E-state index in [-0.39, 0.29) is 11.7 Å². The zero-order valence-corrected chi connectivity index (χ0v) is 13.1. The maximum absolute atomic E-state index is 12.9. The monoisotopic (exact) mass is 298 g/mol. The smallest absolute Gasteiger partial charge is 0.242 e. The fraction of sp³-hybridized carbons (Fsp3) is 0.375. The molecule has 1 amide bonds. The van der Waals surface area contributed by atoms with E-state index in [0.29, 0.717) is 0 Å². The molecular formula is C16H18N4O2. The molecule has 0 spiro atoms. The number of aromatic nitrogens is 3. The van der Waals surface area contributed by atoms with Crippen LogP contribution in [0.5, 0.6) is 0 Å². The molecule has 22 heavy (non-hydrogen) atoms. The Bertz CT molecular complexity index is 729. The molecule has 1 atom stereocenters. The van der Waals surface area contributed by atoms with Crippen molar-refractivity contribution < 1.29 is 9.59 Å². The minimum Gasteiger partial charge on any atom is -0.294 e. The summed E-state index contributed by atoms with van der Waals surface area (Å²) in [6.07, 6.45) is 2.05. The van der Waals surface area contributed by atoms with Gasteiger partial charge in [-0.15, -0.1) is 0 Å². The van der Waals surface area contributed by atoms with E-state index in [1.165, 1.54) is 17.3 Å². The number of carbonyl (C=O) groups is 2. The number of aryl methyl sites for hydroxylation is 2. The fourth-order valence-corrected chi connectivity index (χ4v) is 2.95. The third-order valence-electron chi connectivity index (χ3n) is 4.22. The van der Waals surface area contributed by atoms with Crippen LogP contribution in [0.1, 0.15) is 31.1 Å². The molecule has 1 fully saturated rings. The number of rotatable bonds is 2. The average molecular weight is 298 g/mol. The van der Waals surface area contributed by atoms with Crippen LogP contribution in [0.4, 0.5) is 5.69 Å². The Labute approximate surface area is 128 Å². The van der Waals surface area contributed by atoms with E-state index in [0.717, 1.165) is 16.8 Å². The van der Waals surface area contributed by atoms with Gasteiger partial charge in [0.05, 0.1) is 5.69 Å². The van der Waals surface area contributed by atoms with Gasteiger partial charge < -0.3 is 0 Å². The molecular weight excluding hydrogens is 280 g/mol. The van der Waals surface area contributed by atoms with Crippen molar-refractivity contribution in [3.8, 4) is 0 Å². The second-order valence-electron chi connectivity index (χ2n) is 6.15. The van der Waals surface area contributed by atoms with Crippen molar-refractivity contribution >= 4 is 17.4 Å². The predicted molar refractivity (Wildman–Crippen MR) is 81.2 cm³/mol. The van der Waals surface area contributed by atoms with Crippen LogP contribution < -0.4 is 4.90 Å². The molecule has 0 saturated carbocycles. The second kappa shape index (κ2) is 4.76. The van der Waals surface area contributed by atoms with Crippen LogP contribution in [0.2, 0.25) is 0 Å². The number of anilines is 1. The van der Waals surface area contributed by atoms with Gasteiger partial charge in [0, 0.05) is 0 Å². The Balaban J connectivity index is 2.23. The molecule has 1 saturated heterocycles. The molecule has 1 aliphatic rings. The number of benzene rings is 1. The van der Waals surface area contributed by atoms with Gasteiger partial charge in [-0.3, -0.25) is 14.5 Å². The third kappa shape index (κ3) is 1.87. The molecule has 114 valence electrons. The van der Waals surface area contributed by atoms with Gasteiger partial charge in [0.1, 0.15) is 18.1 Å². The Morgan fingerprint density at radius 2 is 1.77 bits per heavy atom. The summed E-state index contributed by atoms with van der Waals surface area (Å²) in [6.45, 7) is 7.19. The van der Waals surface area contributed by atoms with Crippen LogP contribution in [0.25, 0.3) is 0 Å². The van der Waals surface area contributed by atoms with Crippen LogP contribution >= 0.6 is 0 Å². The molecule has 0 bridgehead atoms. The summed E-state index contributed by atoms with van der Waals surface area (Å²) in [5.74, 6) is -0.388. The van der Waals surface area contributed by atoms with Gasteiger partial charge in [-0.2, -0.15) is 5.10 Å². The quantitative estimate of drug-likeness (QED) is 0.796. The topological polar surface area (TPSA) is 68.1 Å². The lowest BCUT2D eigenvalue weighted by Crippen LogP contribution is -2.35. The van der Waals surface area contributed by atoms with Crippen LogP contribution in [-0.2, 0) is 9.59 Å². The summed E-state index contributed by atoms with van der Waals surface area (Å²) in [5, 5.41) is 4.07. The largest absolute Gasteiger partial charge is 0.294 e. The maximum Gasteiger partial charge on any atom is 0.242 e. The lowest BCUT2D eigenvalue weighted by atomic mass is 9.90. The highest BCUT2D eigenvalue weighted by Crippen LogP contribution is 2.42. The molecule has 2 aromatic rings. The molecule has 2 heterocycles. The van der Waals surface area contributed by atoms with E-state index < -0.39 is 11.6 Å². The van der Waals surface area contributed by atoms with Crippen molar-refractivity contribution in [3.63, 3.8) is 0 Å². The molecule has 1 unspecified atom stereocenters. The van der Waals surface area contributed by atoms with E-state index in [9.17, 15) is 9.59 Å². The van der Waals surface area contributed by atoms with Gasteiger partial charge in [0.15, 0.2) is 11.9 Å². The number of nitrogens with zero attached hydrogens (tertiary/aromatic N) is 4. The second-order valence-corrected chi connectivity index (χ2v) is 6.15. The van der Waals surface area contributed by atoms with E-state index >= 15 is 0 Å². The first-order valence-corrected chi connectivity index (χ1v) is 7.14. The van der Waals surface area contributed by atoms with Gasteiger partial charge in [-0.25, -0.2) is 9.67 Å². The number of amides is 1. The first-order valence-electron chi connectivity index (χ1n) is 7.14. The average Bonchev–Trinajstić information content (AvgIpc) is 3.03. The molecule has 3 rings (SSSR count). The third-order valence-corrected chi connectivity index (χ3v) is 4.22. The Kier molecular flexibility index (Phi) is 3.12. The lowest BCUT2D eigenvalue weighted by Gasteiger charge is -2.26. The molecule has 0 aliphatic carbocycles. The van der Waals surface area contributed by atoms with Crippen molar-refractivity contribution in [1.82, 2.24) is 14.8 Å². The SMILES string of the molecule is Cc1cccc(C)c1N1C(=O)C(C)(C)C(=O)C1n1cncn1. The van der Waals surface area contributed by atoms with Gasteiger partial charge >= 0.3 is 0 Å². The Morgan fingerprint density at radius 1 is 1.14 bits per heavy atom. The minimum atomic E-state index is -1.08. The molecule has 6 nitrogen and oxygen atoms in total. The number of ketones is 1. The normalized spacial score (nSPS) is 20.7. The molecule has 1 aromatic carbocycles. The highest BCUT2D eigenvalue weighted by atomic mass is 16.2. The van der Waals surface area contributed by atoms with Crippen molar-refractivity contribution in [2.45, 2.75) is 33.9 Å². The van der Waals surface area contributed by atoms with Crippen LogP contribution in [0.3, 0.4) is 0 Å².